The van der Waals surface area contributed by atoms with E-state index in [4.69, 9.17) is 11.6 Å². The molecular formula is C12H10ClNO2. The Morgan fingerprint density at radius 1 is 1.19 bits per heavy atom. The lowest BCUT2D eigenvalue weighted by Crippen LogP contribution is -2.19. The molecular weight excluding hydrogens is 226 g/mol. The summed E-state index contributed by atoms with van der Waals surface area (Å²) in [6.45, 7) is 0.354. The molecule has 1 heterocycles. The Balaban J connectivity index is 2.39. The average molecular weight is 236 g/mol. The van der Waals surface area contributed by atoms with E-state index in [2.05, 4.69) is 0 Å². The van der Waals surface area contributed by atoms with Crippen LogP contribution in [0, 0.1) is 0 Å². The molecule has 0 aliphatic rings. The Hall–Kier alpha value is -1.74. The number of hydrogen-bond donors (Lipinski definition) is 1. The Labute approximate surface area is 97.5 Å². The normalized spacial score (nSPS) is 10.3. The van der Waals surface area contributed by atoms with E-state index < -0.39 is 5.56 Å². The fraction of sp³-hybridized carbons (Fsp3) is 0.0833. The summed E-state index contributed by atoms with van der Waals surface area (Å²) in [4.78, 5) is 11.6. The molecule has 1 aromatic carbocycles. The minimum Gasteiger partial charge on any atom is -0.503 e. The van der Waals surface area contributed by atoms with E-state index in [1.807, 2.05) is 18.2 Å². The van der Waals surface area contributed by atoms with Gasteiger partial charge in [-0.2, -0.15) is 0 Å². The molecule has 82 valence electrons. The van der Waals surface area contributed by atoms with Crippen LogP contribution in [0.2, 0.25) is 5.02 Å². The molecule has 0 saturated heterocycles. The van der Waals surface area contributed by atoms with Crippen LogP contribution in [0.1, 0.15) is 5.56 Å². The van der Waals surface area contributed by atoms with Crippen molar-refractivity contribution >= 4 is 11.6 Å². The molecule has 0 saturated carbocycles. The van der Waals surface area contributed by atoms with E-state index in [0.717, 1.165) is 5.56 Å². The van der Waals surface area contributed by atoms with Crippen LogP contribution < -0.4 is 5.56 Å². The predicted octanol–water partition coefficient (Wildman–Crippen LogP) is 2.26. The van der Waals surface area contributed by atoms with Crippen molar-refractivity contribution in [1.29, 1.82) is 0 Å². The highest BCUT2D eigenvalue weighted by atomic mass is 35.5. The number of nitrogens with zero attached hydrogens (tertiary/aromatic N) is 1. The quantitative estimate of drug-likeness (QED) is 0.868. The van der Waals surface area contributed by atoms with Crippen LogP contribution >= 0.6 is 11.6 Å². The van der Waals surface area contributed by atoms with E-state index >= 15 is 0 Å². The van der Waals surface area contributed by atoms with Crippen molar-refractivity contribution in [3.8, 4) is 5.75 Å². The molecule has 0 aliphatic heterocycles. The molecule has 1 N–H and O–H groups in total. The van der Waals surface area contributed by atoms with E-state index in [1.165, 1.54) is 10.6 Å². The Kier molecular flexibility index (Phi) is 2.97. The highest BCUT2D eigenvalue weighted by Crippen LogP contribution is 2.15. The summed E-state index contributed by atoms with van der Waals surface area (Å²) in [5.74, 6) is -0.255. The van der Waals surface area contributed by atoms with Gasteiger partial charge in [-0.05, 0) is 23.8 Å². The third-order valence-electron chi connectivity index (χ3n) is 2.30. The van der Waals surface area contributed by atoms with E-state index in [9.17, 15) is 9.90 Å². The molecule has 2 rings (SSSR count). The smallest absolute Gasteiger partial charge is 0.292 e. The summed E-state index contributed by atoms with van der Waals surface area (Å²) in [6.07, 6.45) is 1.62. The van der Waals surface area contributed by atoms with Crippen LogP contribution in [0.15, 0.2) is 47.4 Å². The van der Waals surface area contributed by atoms with Gasteiger partial charge in [-0.15, -0.1) is 0 Å². The number of halogens is 1. The third-order valence-corrected chi connectivity index (χ3v) is 2.67. The molecule has 0 bridgehead atoms. The summed E-state index contributed by atoms with van der Waals surface area (Å²) in [5, 5.41) is 9.89. The molecule has 0 atom stereocenters. The summed E-state index contributed by atoms with van der Waals surface area (Å²) in [6, 6.07) is 10.3. The van der Waals surface area contributed by atoms with Gasteiger partial charge in [0, 0.05) is 11.2 Å². The standard InChI is InChI=1S/C12H10ClNO2/c13-10-5-2-1-4-9(10)8-14-7-3-6-11(15)12(14)16/h1-7,15H,8H2. The molecule has 3 nitrogen and oxygen atoms in total. The van der Waals surface area contributed by atoms with Gasteiger partial charge in [-0.25, -0.2) is 0 Å². The Bertz CT molecular complexity index is 563. The highest BCUT2D eigenvalue weighted by Gasteiger charge is 2.03. The van der Waals surface area contributed by atoms with Crippen molar-refractivity contribution in [3.05, 3.63) is 63.5 Å². The lowest BCUT2D eigenvalue weighted by Gasteiger charge is -2.07. The molecule has 2 aromatic rings. The molecule has 0 spiro atoms. The number of hydrogen-bond acceptors (Lipinski definition) is 2. The maximum atomic E-state index is 11.6. The van der Waals surface area contributed by atoms with Crippen LogP contribution in [0.3, 0.4) is 0 Å². The number of rotatable bonds is 2. The van der Waals surface area contributed by atoms with Gasteiger partial charge in [0.25, 0.3) is 5.56 Å². The number of aromatic nitrogens is 1. The second-order valence-electron chi connectivity index (χ2n) is 3.42. The van der Waals surface area contributed by atoms with Crippen molar-refractivity contribution in [1.82, 2.24) is 4.57 Å². The van der Waals surface area contributed by atoms with Crippen LogP contribution in [-0.4, -0.2) is 9.67 Å². The molecule has 1 aromatic heterocycles. The molecule has 4 heteroatoms. The second-order valence-corrected chi connectivity index (χ2v) is 3.83. The zero-order valence-electron chi connectivity index (χ0n) is 8.43. The topological polar surface area (TPSA) is 42.2 Å². The average Bonchev–Trinajstić information content (AvgIpc) is 2.28. The van der Waals surface area contributed by atoms with E-state index in [1.54, 1.807) is 18.3 Å². The zero-order valence-corrected chi connectivity index (χ0v) is 9.19. The first kappa shape index (κ1) is 10.8. The van der Waals surface area contributed by atoms with Gasteiger partial charge in [-0.3, -0.25) is 4.79 Å². The molecule has 0 fully saturated rings. The van der Waals surface area contributed by atoms with Gasteiger partial charge >= 0.3 is 0 Å². The lowest BCUT2D eigenvalue weighted by molar-refractivity contribution is 0.459. The van der Waals surface area contributed by atoms with Gasteiger partial charge < -0.3 is 9.67 Å². The second kappa shape index (κ2) is 4.41. The molecule has 16 heavy (non-hydrogen) atoms. The number of benzene rings is 1. The van der Waals surface area contributed by atoms with E-state index in [-0.39, 0.29) is 5.75 Å². The first-order valence-electron chi connectivity index (χ1n) is 4.80. The van der Waals surface area contributed by atoms with Crippen molar-refractivity contribution < 1.29 is 5.11 Å². The first-order valence-corrected chi connectivity index (χ1v) is 5.18. The van der Waals surface area contributed by atoms with Crippen LogP contribution in [-0.2, 0) is 6.54 Å². The monoisotopic (exact) mass is 235 g/mol. The van der Waals surface area contributed by atoms with Gasteiger partial charge in [0.05, 0.1) is 6.54 Å². The maximum Gasteiger partial charge on any atom is 0.292 e. The van der Waals surface area contributed by atoms with Gasteiger partial charge in [0.15, 0.2) is 5.75 Å². The third kappa shape index (κ3) is 2.09. The highest BCUT2D eigenvalue weighted by molar-refractivity contribution is 6.31. The lowest BCUT2D eigenvalue weighted by atomic mass is 10.2. The summed E-state index contributed by atoms with van der Waals surface area (Å²) >= 11 is 5.99. The fourth-order valence-corrected chi connectivity index (χ4v) is 1.65. The van der Waals surface area contributed by atoms with Gasteiger partial charge in [-0.1, -0.05) is 29.8 Å². The Morgan fingerprint density at radius 3 is 2.69 bits per heavy atom. The molecule has 0 unspecified atom stereocenters. The summed E-state index contributed by atoms with van der Waals surface area (Å²) in [7, 11) is 0. The predicted molar refractivity (Wildman–Crippen MR) is 62.9 cm³/mol. The first-order chi connectivity index (χ1) is 7.68. The zero-order chi connectivity index (χ0) is 11.5. The van der Waals surface area contributed by atoms with Crippen molar-refractivity contribution in [2.75, 3.05) is 0 Å². The van der Waals surface area contributed by atoms with Crippen molar-refractivity contribution in [2.24, 2.45) is 0 Å². The van der Waals surface area contributed by atoms with Crippen LogP contribution in [0.4, 0.5) is 0 Å². The largest absolute Gasteiger partial charge is 0.503 e. The summed E-state index contributed by atoms with van der Waals surface area (Å²) in [5.41, 5.74) is 0.430. The number of pyridine rings is 1. The van der Waals surface area contributed by atoms with E-state index in [0.29, 0.717) is 11.6 Å². The van der Waals surface area contributed by atoms with Crippen molar-refractivity contribution in [2.45, 2.75) is 6.54 Å². The minimum atomic E-state index is -0.414. The number of aromatic hydroxyl groups is 1. The van der Waals surface area contributed by atoms with Gasteiger partial charge in [0.2, 0.25) is 0 Å². The van der Waals surface area contributed by atoms with Crippen molar-refractivity contribution in [3.63, 3.8) is 0 Å². The van der Waals surface area contributed by atoms with Gasteiger partial charge in [0.1, 0.15) is 0 Å². The molecule has 0 radical (unpaired) electrons. The van der Waals surface area contributed by atoms with Crippen LogP contribution in [0.5, 0.6) is 5.75 Å². The minimum absolute atomic E-state index is 0.255. The SMILES string of the molecule is O=c1c(O)cccn1Cc1ccccc1Cl. The molecule has 0 amide bonds. The Morgan fingerprint density at radius 2 is 1.94 bits per heavy atom. The molecule has 0 aliphatic carbocycles. The summed E-state index contributed by atoms with van der Waals surface area (Å²) < 4.78 is 1.41. The van der Waals surface area contributed by atoms with Crippen LogP contribution in [0.25, 0.3) is 0 Å². The maximum absolute atomic E-state index is 11.6. The fourth-order valence-electron chi connectivity index (χ4n) is 1.46.